The fourth-order valence-electron chi connectivity index (χ4n) is 5.12. The van der Waals surface area contributed by atoms with Crippen LogP contribution >= 0.6 is 0 Å². The number of nitrogen functional groups attached to an aromatic ring is 1. The van der Waals surface area contributed by atoms with E-state index in [9.17, 15) is 15.3 Å². The molecule has 0 saturated carbocycles. The van der Waals surface area contributed by atoms with Crippen LogP contribution in [0.25, 0.3) is 11.2 Å². The fourth-order valence-corrected chi connectivity index (χ4v) is 8.77. The van der Waals surface area contributed by atoms with Gasteiger partial charge in [0.1, 0.15) is 32.7 Å². The third-order valence-electron chi connectivity index (χ3n) is 7.24. The van der Waals surface area contributed by atoms with Crippen LogP contribution in [0, 0.1) is 0 Å². The van der Waals surface area contributed by atoms with Crippen LogP contribution in [0.5, 0.6) is 0 Å². The normalized spacial score (nSPS) is 21.9. The second-order valence-corrected chi connectivity index (χ2v) is 13.9. The summed E-state index contributed by atoms with van der Waals surface area (Å²) >= 11 is 0. The zero-order chi connectivity index (χ0) is 26.0. The topological polar surface area (TPSA) is 152 Å². The Kier molecular flexibility index (Phi) is 7.22. The summed E-state index contributed by atoms with van der Waals surface area (Å²) in [6, 6.07) is 22.5. The highest BCUT2D eigenvalue weighted by Gasteiger charge is 2.44. The molecule has 0 bridgehead atoms. The molecule has 2 aromatic heterocycles. The number of anilines is 2. The molecular formula is C26H32N6O4Si. The van der Waals surface area contributed by atoms with Gasteiger partial charge in [0.2, 0.25) is 5.95 Å². The maximum absolute atomic E-state index is 10.5. The molecule has 3 heterocycles. The van der Waals surface area contributed by atoms with Crippen LogP contribution in [0.15, 0.2) is 67.0 Å². The average Bonchev–Trinajstić information content (AvgIpc) is 3.42. The summed E-state index contributed by atoms with van der Waals surface area (Å²) in [6.45, 7) is 2.65. The molecule has 1 aliphatic heterocycles. The molecule has 1 aliphatic rings. The monoisotopic (exact) mass is 520 g/mol. The Balaban J connectivity index is 1.33. The third-order valence-corrected chi connectivity index (χ3v) is 11.8. The van der Waals surface area contributed by atoms with Crippen molar-refractivity contribution in [2.45, 2.75) is 43.6 Å². The second kappa shape index (κ2) is 10.6. The van der Waals surface area contributed by atoms with Crippen molar-refractivity contribution in [3.63, 3.8) is 0 Å². The van der Waals surface area contributed by atoms with Gasteiger partial charge in [-0.25, -0.2) is 15.0 Å². The van der Waals surface area contributed by atoms with E-state index in [0.717, 1.165) is 12.5 Å². The zero-order valence-corrected chi connectivity index (χ0v) is 21.6. The molecule has 4 atom stereocenters. The number of hydrogen-bond acceptors (Lipinski definition) is 9. The number of fused-ring (bicyclic) bond motifs is 1. The summed E-state index contributed by atoms with van der Waals surface area (Å²) in [6.07, 6.45) is -2.17. The van der Waals surface area contributed by atoms with Gasteiger partial charge in [0.25, 0.3) is 0 Å². The third kappa shape index (κ3) is 4.71. The first-order valence-electron chi connectivity index (χ1n) is 12.4. The molecular weight excluding hydrogens is 488 g/mol. The number of benzene rings is 2. The van der Waals surface area contributed by atoms with Crippen molar-refractivity contribution in [3.05, 3.63) is 67.0 Å². The Morgan fingerprint density at radius 3 is 2.24 bits per heavy atom. The number of nitrogens with zero attached hydrogens (tertiary/aromatic N) is 4. The van der Waals surface area contributed by atoms with Gasteiger partial charge < -0.3 is 31.1 Å². The number of nitrogens with one attached hydrogen (secondary N) is 1. The highest BCUT2D eigenvalue weighted by molar-refractivity contribution is 7.01. The SMILES string of the molecule is C[Si](CCCNc1ncnc2c1nc(N)n2[C@@H]1O[C@H](CO)[C@@H](O)[C@H]1O)(c1ccccc1)c1ccccc1. The Morgan fingerprint density at radius 2 is 1.65 bits per heavy atom. The van der Waals surface area contributed by atoms with Gasteiger partial charge in [-0.2, -0.15) is 0 Å². The molecule has 0 radical (unpaired) electrons. The van der Waals surface area contributed by atoms with Gasteiger partial charge >= 0.3 is 0 Å². The number of aliphatic hydroxyl groups is 3. The molecule has 0 aliphatic carbocycles. The van der Waals surface area contributed by atoms with Gasteiger partial charge in [0, 0.05) is 6.54 Å². The van der Waals surface area contributed by atoms with Crippen molar-refractivity contribution in [1.29, 1.82) is 0 Å². The lowest BCUT2D eigenvalue weighted by Gasteiger charge is -2.29. The van der Waals surface area contributed by atoms with Crippen LogP contribution in [0.1, 0.15) is 12.6 Å². The number of rotatable bonds is 9. The van der Waals surface area contributed by atoms with Crippen LogP contribution in [0.4, 0.5) is 11.8 Å². The smallest absolute Gasteiger partial charge is 0.204 e. The summed E-state index contributed by atoms with van der Waals surface area (Å²) in [5.41, 5.74) is 6.98. The summed E-state index contributed by atoms with van der Waals surface area (Å²) in [7, 11) is -1.94. The number of nitrogens with two attached hydrogens (primary N) is 1. The summed E-state index contributed by atoms with van der Waals surface area (Å²) < 4.78 is 7.08. The standard InChI is InChI=1S/C26H32N6O4Si/c1-37(17-9-4-2-5-10-17,18-11-6-3-7-12-18)14-8-13-28-23-20-24(30-16-29-23)32(26(27)31-20)25-22(35)21(34)19(15-33)36-25/h2-7,9-12,16,19,21-22,25,33-35H,8,13-15H2,1H3,(H2,27,31)(H,28,29,30)/t19-,21-,22-,25-/m1/s1. The molecule has 37 heavy (non-hydrogen) atoms. The first-order valence-corrected chi connectivity index (χ1v) is 15.1. The van der Waals surface area contributed by atoms with E-state index in [-0.39, 0.29) is 5.95 Å². The van der Waals surface area contributed by atoms with Gasteiger partial charge in [-0.15, -0.1) is 0 Å². The zero-order valence-electron chi connectivity index (χ0n) is 20.6. The lowest BCUT2D eigenvalue weighted by Crippen LogP contribution is -2.55. The van der Waals surface area contributed by atoms with Gasteiger partial charge in [-0.05, 0) is 12.5 Å². The first kappa shape index (κ1) is 25.3. The first-order chi connectivity index (χ1) is 17.9. The molecule has 10 nitrogen and oxygen atoms in total. The van der Waals surface area contributed by atoms with E-state index in [4.69, 9.17) is 10.5 Å². The van der Waals surface area contributed by atoms with Crippen molar-refractivity contribution in [2.75, 3.05) is 24.2 Å². The van der Waals surface area contributed by atoms with Crippen molar-refractivity contribution < 1.29 is 20.1 Å². The van der Waals surface area contributed by atoms with Crippen LogP contribution < -0.4 is 21.4 Å². The second-order valence-electron chi connectivity index (χ2n) is 9.56. The summed E-state index contributed by atoms with van der Waals surface area (Å²) in [5, 5.41) is 36.3. The van der Waals surface area contributed by atoms with E-state index in [0.29, 0.717) is 23.5 Å². The molecule has 2 aromatic carbocycles. The summed E-state index contributed by atoms with van der Waals surface area (Å²) in [5.74, 6) is 0.603. The molecule has 0 spiro atoms. The molecule has 5 rings (SSSR count). The summed E-state index contributed by atoms with van der Waals surface area (Å²) in [4.78, 5) is 13.1. The van der Waals surface area contributed by atoms with Crippen molar-refractivity contribution in [1.82, 2.24) is 19.5 Å². The molecule has 0 unspecified atom stereocenters. The molecule has 11 heteroatoms. The number of hydrogen-bond donors (Lipinski definition) is 5. The van der Waals surface area contributed by atoms with Crippen LogP contribution in [-0.4, -0.2) is 74.4 Å². The molecule has 6 N–H and O–H groups in total. The van der Waals surface area contributed by atoms with Gasteiger partial charge in [-0.3, -0.25) is 4.57 Å². The van der Waals surface area contributed by atoms with Gasteiger partial charge in [-0.1, -0.05) is 77.6 Å². The van der Waals surface area contributed by atoms with E-state index >= 15 is 0 Å². The molecule has 194 valence electrons. The highest BCUT2D eigenvalue weighted by Crippen LogP contribution is 2.34. The molecule has 1 saturated heterocycles. The van der Waals surface area contributed by atoms with E-state index < -0.39 is 39.2 Å². The minimum atomic E-state index is -1.94. The van der Waals surface area contributed by atoms with E-state index in [1.165, 1.54) is 21.3 Å². The predicted octanol–water partition coefficient (Wildman–Crippen LogP) is 0.715. The Labute approximate surface area is 215 Å². The fraction of sp³-hybridized carbons (Fsp3) is 0.346. The number of imidazole rings is 1. The Bertz CT molecular complexity index is 1300. The number of aromatic nitrogens is 4. The van der Waals surface area contributed by atoms with Gasteiger partial charge in [0.05, 0.1) is 6.61 Å². The maximum Gasteiger partial charge on any atom is 0.204 e. The van der Waals surface area contributed by atoms with Crippen molar-refractivity contribution in [3.8, 4) is 0 Å². The quantitative estimate of drug-likeness (QED) is 0.159. The Morgan fingerprint density at radius 1 is 1.00 bits per heavy atom. The lowest BCUT2D eigenvalue weighted by molar-refractivity contribution is -0.0500. The average molecular weight is 521 g/mol. The van der Waals surface area contributed by atoms with Crippen molar-refractivity contribution >= 4 is 41.4 Å². The molecule has 0 amide bonds. The van der Waals surface area contributed by atoms with Crippen LogP contribution in [0.3, 0.4) is 0 Å². The number of aliphatic hydroxyl groups excluding tert-OH is 3. The largest absolute Gasteiger partial charge is 0.394 e. The Hall–Kier alpha value is -3.35. The van der Waals surface area contributed by atoms with Crippen LogP contribution in [0.2, 0.25) is 12.6 Å². The predicted molar refractivity (Wildman–Crippen MR) is 144 cm³/mol. The van der Waals surface area contributed by atoms with Crippen LogP contribution in [-0.2, 0) is 4.74 Å². The lowest BCUT2D eigenvalue weighted by atomic mass is 10.1. The highest BCUT2D eigenvalue weighted by atomic mass is 28.3. The minimum Gasteiger partial charge on any atom is -0.394 e. The number of ether oxygens (including phenoxy) is 1. The minimum absolute atomic E-state index is 0.0709. The van der Waals surface area contributed by atoms with E-state index in [2.05, 4.69) is 87.5 Å². The maximum atomic E-state index is 10.5. The van der Waals surface area contributed by atoms with E-state index in [1.807, 2.05) is 0 Å². The van der Waals surface area contributed by atoms with Gasteiger partial charge in [0.15, 0.2) is 23.2 Å². The molecule has 1 fully saturated rings. The molecule has 4 aromatic rings. The van der Waals surface area contributed by atoms with Crippen molar-refractivity contribution in [2.24, 2.45) is 0 Å². The van der Waals surface area contributed by atoms with E-state index in [1.54, 1.807) is 0 Å².